The predicted molar refractivity (Wildman–Crippen MR) is 80.7 cm³/mol. The Bertz CT molecular complexity index is 584. The van der Waals surface area contributed by atoms with Crippen LogP contribution in [-0.2, 0) is 11.3 Å². The summed E-state index contributed by atoms with van der Waals surface area (Å²) in [6, 6.07) is 11.7. The van der Waals surface area contributed by atoms with E-state index in [0.717, 1.165) is 5.56 Å². The zero-order chi connectivity index (χ0) is 14.4. The van der Waals surface area contributed by atoms with Crippen LogP contribution in [0.4, 0.5) is 0 Å². The van der Waals surface area contributed by atoms with E-state index >= 15 is 0 Å². The number of rotatable bonds is 6. The summed E-state index contributed by atoms with van der Waals surface area (Å²) >= 11 is 6.04. The van der Waals surface area contributed by atoms with Gasteiger partial charge in [0.25, 0.3) is 0 Å². The molecule has 0 spiro atoms. The number of halogens is 1. The minimum atomic E-state index is 0.357. The first kappa shape index (κ1) is 14.4. The van der Waals surface area contributed by atoms with Crippen molar-refractivity contribution in [2.75, 3.05) is 6.61 Å². The van der Waals surface area contributed by atoms with Gasteiger partial charge >= 0.3 is 0 Å². The van der Waals surface area contributed by atoms with Gasteiger partial charge in [0.1, 0.15) is 23.3 Å². The highest BCUT2D eigenvalue weighted by molar-refractivity contribution is 6.31. The molecule has 0 aliphatic carbocycles. The van der Waals surface area contributed by atoms with Gasteiger partial charge < -0.3 is 9.47 Å². The molecule has 1 aromatic carbocycles. The molecule has 4 heteroatoms. The quantitative estimate of drug-likeness (QED) is 0.586. The molecule has 3 nitrogen and oxygen atoms in total. The van der Waals surface area contributed by atoms with Crippen molar-refractivity contribution in [1.29, 1.82) is 0 Å². The van der Waals surface area contributed by atoms with Crippen LogP contribution < -0.4 is 4.74 Å². The summed E-state index contributed by atoms with van der Waals surface area (Å²) in [5.41, 5.74) is 1.74. The third-order valence-corrected chi connectivity index (χ3v) is 2.98. The van der Waals surface area contributed by atoms with Crippen LogP contribution in [0, 0.1) is 0 Å². The van der Waals surface area contributed by atoms with Crippen LogP contribution in [0.1, 0.15) is 18.1 Å². The monoisotopic (exact) mass is 289 g/mol. The van der Waals surface area contributed by atoms with Crippen LogP contribution >= 0.6 is 11.6 Å². The molecule has 104 valence electrons. The van der Waals surface area contributed by atoms with E-state index < -0.39 is 0 Å². The fourth-order valence-electron chi connectivity index (χ4n) is 1.70. The Kier molecular flexibility index (Phi) is 5.02. The maximum absolute atomic E-state index is 6.04. The number of nitrogens with zero attached hydrogens (tertiary/aromatic N) is 1. The summed E-state index contributed by atoms with van der Waals surface area (Å²) in [5.74, 6) is 1.13. The van der Waals surface area contributed by atoms with Crippen LogP contribution in [0.15, 0.2) is 49.2 Å². The zero-order valence-electron chi connectivity index (χ0n) is 11.3. The molecular weight excluding hydrogens is 274 g/mol. The van der Waals surface area contributed by atoms with Gasteiger partial charge in [0.15, 0.2) is 0 Å². The molecule has 0 fully saturated rings. The molecule has 0 aliphatic rings. The first-order chi connectivity index (χ1) is 9.70. The highest BCUT2D eigenvalue weighted by Gasteiger charge is 2.09. The fourth-order valence-corrected chi connectivity index (χ4v) is 1.91. The van der Waals surface area contributed by atoms with E-state index in [2.05, 4.69) is 11.6 Å². The van der Waals surface area contributed by atoms with Crippen molar-refractivity contribution >= 4 is 17.4 Å². The molecule has 0 bridgehead atoms. The molecule has 0 amide bonds. The third kappa shape index (κ3) is 3.75. The molecule has 0 aliphatic heterocycles. The topological polar surface area (TPSA) is 31.4 Å². The van der Waals surface area contributed by atoms with Crippen molar-refractivity contribution in [2.45, 2.75) is 13.5 Å². The lowest BCUT2D eigenvalue weighted by Gasteiger charge is -2.11. The number of pyridine rings is 1. The number of ether oxygens (including phenoxy) is 2. The maximum Gasteiger partial charge on any atom is 0.140 e. The first-order valence-electron chi connectivity index (χ1n) is 6.35. The van der Waals surface area contributed by atoms with Gasteiger partial charge in [0, 0.05) is 0 Å². The standard InChI is InChI=1S/C16H16ClNO2/c1-3-19-12(2)15-9-14(10-18-16(15)17)20-11-13-7-5-4-6-8-13/h4-10H,2-3,11H2,1H3. The average molecular weight is 290 g/mol. The molecule has 0 atom stereocenters. The zero-order valence-corrected chi connectivity index (χ0v) is 12.1. The normalized spacial score (nSPS) is 10.1. The second-order valence-corrected chi connectivity index (χ2v) is 4.50. The number of hydrogen-bond donors (Lipinski definition) is 0. The summed E-state index contributed by atoms with van der Waals surface area (Å²) in [6.45, 7) is 6.73. The van der Waals surface area contributed by atoms with Gasteiger partial charge in [0.2, 0.25) is 0 Å². The van der Waals surface area contributed by atoms with E-state index in [0.29, 0.717) is 35.4 Å². The van der Waals surface area contributed by atoms with Crippen molar-refractivity contribution in [3.8, 4) is 5.75 Å². The molecule has 2 rings (SSSR count). The van der Waals surface area contributed by atoms with Crippen molar-refractivity contribution in [3.63, 3.8) is 0 Å². The molecule has 0 saturated carbocycles. The van der Waals surface area contributed by atoms with E-state index in [-0.39, 0.29) is 0 Å². The Hall–Kier alpha value is -2.00. The summed E-state index contributed by atoms with van der Waals surface area (Å²) < 4.78 is 11.1. The maximum atomic E-state index is 6.04. The van der Waals surface area contributed by atoms with Gasteiger partial charge in [-0.2, -0.15) is 0 Å². The molecule has 0 radical (unpaired) electrons. The number of aromatic nitrogens is 1. The average Bonchev–Trinajstić information content (AvgIpc) is 2.47. The second kappa shape index (κ2) is 6.96. The van der Waals surface area contributed by atoms with Gasteiger partial charge in [-0.25, -0.2) is 4.98 Å². The molecule has 0 N–H and O–H groups in total. The Labute approximate surface area is 123 Å². The summed E-state index contributed by atoms with van der Waals surface area (Å²) in [7, 11) is 0. The van der Waals surface area contributed by atoms with Crippen molar-refractivity contribution in [3.05, 3.63) is 65.5 Å². The molecule has 1 heterocycles. The summed E-state index contributed by atoms with van der Waals surface area (Å²) in [6.07, 6.45) is 1.59. The fraction of sp³-hybridized carbons (Fsp3) is 0.188. The minimum absolute atomic E-state index is 0.357. The molecule has 0 unspecified atom stereocenters. The lowest BCUT2D eigenvalue weighted by atomic mass is 10.2. The largest absolute Gasteiger partial charge is 0.494 e. The molecular formula is C16H16ClNO2. The van der Waals surface area contributed by atoms with Gasteiger partial charge in [-0.3, -0.25) is 0 Å². The van der Waals surface area contributed by atoms with Crippen LogP contribution in [-0.4, -0.2) is 11.6 Å². The highest BCUT2D eigenvalue weighted by atomic mass is 35.5. The first-order valence-corrected chi connectivity index (χ1v) is 6.73. The highest BCUT2D eigenvalue weighted by Crippen LogP contribution is 2.26. The van der Waals surface area contributed by atoms with E-state index in [1.807, 2.05) is 37.3 Å². The van der Waals surface area contributed by atoms with E-state index in [9.17, 15) is 0 Å². The van der Waals surface area contributed by atoms with Crippen molar-refractivity contribution < 1.29 is 9.47 Å². The Morgan fingerprint density at radius 1 is 1.30 bits per heavy atom. The number of benzene rings is 1. The number of hydrogen-bond acceptors (Lipinski definition) is 3. The van der Waals surface area contributed by atoms with Crippen molar-refractivity contribution in [2.24, 2.45) is 0 Å². The summed E-state index contributed by atoms with van der Waals surface area (Å²) in [5, 5.41) is 0.357. The van der Waals surface area contributed by atoms with Gasteiger partial charge in [-0.05, 0) is 18.6 Å². The SMILES string of the molecule is C=C(OCC)c1cc(OCc2ccccc2)cnc1Cl. The predicted octanol–water partition coefficient (Wildman–Crippen LogP) is 4.32. The van der Waals surface area contributed by atoms with Crippen LogP contribution in [0.5, 0.6) is 5.75 Å². The van der Waals surface area contributed by atoms with E-state index in [1.165, 1.54) is 0 Å². The van der Waals surface area contributed by atoms with Gasteiger partial charge in [-0.15, -0.1) is 0 Å². The smallest absolute Gasteiger partial charge is 0.140 e. The van der Waals surface area contributed by atoms with Gasteiger partial charge in [-0.1, -0.05) is 48.5 Å². The van der Waals surface area contributed by atoms with Crippen molar-refractivity contribution in [1.82, 2.24) is 4.98 Å². The second-order valence-electron chi connectivity index (χ2n) is 4.14. The Morgan fingerprint density at radius 2 is 2.05 bits per heavy atom. The third-order valence-electron chi connectivity index (χ3n) is 2.68. The molecule has 20 heavy (non-hydrogen) atoms. The lowest BCUT2D eigenvalue weighted by Crippen LogP contribution is -1.98. The van der Waals surface area contributed by atoms with Gasteiger partial charge in [0.05, 0.1) is 18.4 Å². The molecule has 0 saturated heterocycles. The summed E-state index contributed by atoms with van der Waals surface area (Å²) in [4.78, 5) is 4.09. The Morgan fingerprint density at radius 3 is 2.75 bits per heavy atom. The Balaban J connectivity index is 2.09. The molecule has 2 aromatic rings. The minimum Gasteiger partial charge on any atom is -0.494 e. The van der Waals surface area contributed by atoms with E-state index in [1.54, 1.807) is 12.3 Å². The van der Waals surface area contributed by atoms with Crippen LogP contribution in [0.2, 0.25) is 5.15 Å². The van der Waals surface area contributed by atoms with Crippen LogP contribution in [0.25, 0.3) is 5.76 Å². The molecule has 1 aromatic heterocycles. The van der Waals surface area contributed by atoms with E-state index in [4.69, 9.17) is 21.1 Å². The van der Waals surface area contributed by atoms with Crippen LogP contribution in [0.3, 0.4) is 0 Å². The lowest BCUT2D eigenvalue weighted by molar-refractivity contribution is 0.295.